The normalized spacial score (nSPS) is 18.4. The van der Waals surface area contributed by atoms with Crippen molar-refractivity contribution in [2.75, 3.05) is 12.8 Å². The van der Waals surface area contributed by atoms with Gasteiger partial charge < -0.3 is 10.5 Å². The van der Waals surface area contributed by atoms with Crippen LogP contribution < -0.4 is 10.5 Å². The van der Waals surface area contributed by atoms with Crippen molar-refractivity contribution in [3.05, 3.63) is 77.5 Å². The largest absolute Gasteiger partial charge is 0.497 e. The Bertz CT molecular complexity index is 1190. The average molecular weight is 375 g/mol. The van der Waals surface area contributed by atoms with Gasteiger partial charge in [-0.25, -0.2) is 14.4 Å². The number of ether oxygens (including phenoxy) is 1. The summed E-state index contributed by atoms with van der Waals surface area (Å²) < 4.78 is 21.4. The molecule has 0 radical (unpaired) electrons. The summed E-state index contributed by atoms with van der Waals surface area (Å²) in [6, 6.07) is 13.0. The molecule has 0 spiro atoms. The van der Waals surface area contributed by atoms with Crippen LogP contribution in [-0.4, -0.2) is 26.9 Å². The molecule has 1 aliphatic carbocycles. The number of methoxy groups -OCH3 is 1. The third-order valence-corrected chi connectivity index (χ3v) is 5.40. The maximum atomic E-state index is 14.3. The van der Waals surface area contributed by atoms with Gasteiger partial charge in [0.1, 0.15) is 23.7 Å². The van der Waals surface area contributed by atoms with E-state index in [-0.39, 0.29) is 17.8 Å². The summed E-state index contributed by atoms with van der Waals surface area (Å²) in [5.41, 5.74) is 9.78. The zero-order chi connectivity index (χ0) is 19.3. The number of rotatable bonds is 3. The molecule has 28 heavy (non-hydrogen) atoms. The molecule has 0 saturated carbocycles. The van der Waals surface area contributed by atoms with Crippen LogP contribution in [0.15, 0.2) is 55.0 Å². The molecule has 0 saturated heterocycles. The van der Waals surface area contributed by atoms with E-state index in [0.29, 0.717) is 22.6 Å². The first-order chi connectivity index (χ1) is 13.6. The van der Waals surface area contributed by atoms with Gasteiger partial charge in [-0.15, -0.1) is 0 Å². The third-order valence-electron chi connectivity index (χ3n) is 5.40. The Morgan fingerprint density at radius 2 is 2.04 bits per heavy atom. The van der Waals surface area contributed by atoms with Gasteiger partial charge in [-0.3, -0.25) is 4.68 Å². The Labute approximate surface area is 160 Å². The van der Waals surface area contributed by atoms with Gasteiger partial charge in [-0.2, -0.15) is 5.10 Å². The third kappa shape index (κ3) is 2.58. The minimum atomic E-state index is -0.321. The van der Waals surface area contributed by atoms with E-state index in [2.05, 4.69) is 27.2 Å². The van der Waals surface area contributed by atoms with Crippen molar-refractivity contribution in [1.29, 1.82) is 0 Å². The smallest absolute Gasteiger partial charge is 0.186 e. The van der Waals surface area contributed by atoms with Crippen molar-refractivity contribution in [2.45, 2.75) is 18.4 Å². The van der Waals surface area contributed by atoms with E-state index >= 15 is 0 Å². The highest BCUT2D eigenvalue weighted by Gasteiger charge is 2.36. The zero-order valence-electron chi connectivity index (χ0n) is 15.2. The van der Waals surface area contributed by atoms with Gasteiger partial charge in [-0.05, 0) is 35.2 Å². The lowest BCUT2D eigenvalue weighted by Crippen LogP contribution is -2.16. The number of fused-ring (bicyclic) bond motifs is 2. The first kappa shape index (κ1) is 16.7. The molecule has 2 aromatic heterocycles. The average Bonchev–Trinajstić information content (AvgIpc) is 3.29. The van der Waals surface area contributed by atoms with Crippen LogP contribution in [0.4, 0.5) is 10.2 Å². The highest BCUT2D eigenvalue weighted by molar-refractivity contribution is 5.84. The summed E-state index contributed by atoms with van der Waals surface area (Å²) in [5, 5.41) is 5.36. The van der Waals surface area contributed by atoms with Crippen LogP contribution in [0.5, 0.6) is 5.75 Å². The van der Waals surface area contributed by atoms with Gasteiger partial charge in [0.05, 0.1) is 18.5 Å². The molecule has 140 valence electrons. The van der Waals surface area contributed by atoms with Gasteiger partial charge >= 0.3 is 0 Å². The zero-order valence-corrected chi connectivity index (χ0v) is 15.2. The molecule has 2 aromatic carbocycles. The fourth-order valence-corrected chi connectivity index (χ4v) is 4.15. The Balaban J connectivity index is 1.68. The van der Waals surface area contributed by atoms with E-state index in [1.165, 1.54) is 23.5 Å². The van der Waals surface area contributed by atoms with E-state index in [1.54, 1.807) is 13.2 Å². The fraction of sp³-hybridized carbons (Fsp3) is 0.190. The Morgan fingerprint density at radius 3 is 2.86 bits per heavy atom. The maximum absolute atomic E-state index is 14.3. The second-order valence-corrected chi connectivity index (χ2v) is 6.98. The Morgan fingerprint density at radius 1 is 1.18 bits per heavy atom. The number of aromatic nitrogens is 4. The van der Waals surface area contributed by atoms with Crippen molar-refractivity contribution in [3.63, 3.8) is 0 Å². The molecule has 0 amide bonds. The molecule has 7 heteroatoms. The maximum Gasteiger partial charge on any atom is 0.186 e. The van der Waals surface area contributed by atoms with Crippen LogP contribution in [0, 0.1) is 5.82 Å². The van der Waals surface area contributed by atoms with Crippen molar-refractivity contribution < 1.29 is 9.13 Å². The quantitative estimate of drug-likeness (QED) is 0.593. The standard InChI is InChI=1S/C21H18FN5O/c1-28-15-7-13(6-14(22)9-15)19-16-5-3-2-4-12(16)8-18(19)27-10-17-20(23)24-11-25-21(17)26-27/h2-7,9-11,18-19H,8H2,1H3,(H2,23,24,25,26). The molecule has 0 bridgehead atoms. The number of nitrogen functional groups attached to an aromatic ring is 1. The number of nitrogens with zero attached hydrogens (tertiary/aromatic N) is 4. The summed E-state index contributed by atoms with van der Waals surface area (Å²) in [5.74, 6) is 0.511. The first-order valence-electron chi connectivity index (χ1n) is 9.01. The predicted molar refractivity (Wildman–Crippen MR) is 104 cm³/mol. The summed E-state index contributed by atoms with van der Waals surface area (Å²) in [4.78, 5) is 8.26. The van der Waals surface area contributed by atoms with Gasteiger partial charge in [0, 0.05) is 18.2 Å². The second kappa shape index (κ2) is 6.30. The topological polar surface area (TPSA) is 78.9 Å². The molecule has 2 N–H and O–H groups in total. The molecule has 0 aliphatic heterocycles. The highest BCUT2D eigenvalue weighted by Crippen LogP contribution is 2.46. The molecule has 2 unspecified atom stereocenters. The second-order valence-electron chi connectivity index (χ2n) is 6.98. The summed E-state index contributed by atoms with van der Waals surface area (Å²) in [6.45, 7) is 0. The van der Waals surface area contributed by atoms with E-state index in [9.17, 15) is 4.39 Å². The van der Waals surface area contributed by atoms with Crippen LogP contribution in [0.1, 0.15) is 28.7 Å². The SMILES string of the molecule is COc1cc(F)cc(C2c3ccccc3CC2n2cc3c(N)ncnc3n2)c1. The fourth-order valence-electron chi connectivity index (χ4n) is 4.15. The van der Waals surface area contributed by atoms with Crippen LogP contribution in [0.2, 0.25) is 0 Å². The lowest BCUT2D eigenvalue weighted by molar-refractivity contribution is 0.406. The molecule has 2 heterocycles. The van der Waals surface area contributed by atoms with Crippen molar-refractivity contribution in [2.24, 2.45) is 0 Å². The molecular weight excluding hydrogens is 357 g/mol. The van der Waals surface area contributed by atoms with Gasteiger partial charge in [0.2, 0.25) is 0 Å². The minimum absolute atomic E-state index is 0.0301. The van der Waals surface area contributed by atoms with Crippen LogP contribution in [0.25, 0.3) is 11.0 Å². The molecule has 4 aromatic rings. The Kier molecular flexibility index (Phi) is 3.75. The van der Waals surface area contributed by atoms with Gasteiger partial charge in [-0.1, -0.05) is 24.3 Å². The van der Waals surface area contributed by atoms with Crippen LogP contribution in [0.3, 0.4) is 0 Å². The predicted octanol–water partition coefficient (Wildman–Crippen LogP) is 3.49. The monoisotopic (exact) mass is 375 g/mol. The molecule has 0 fully saturated rings. The highest BCUT2D eigenvalue weighted by atomic mass is 19.1. The van der Waals surface area contributed by atoms with Crippen molar-refractivity contribution in [1.82, 2.24) is 19.7 Å². The number of hydrogen-bond donors (Lipinski definition) is 1. The van der Waals surface area contributed by atoms with Crippen molar-refractivity contribution in [3.8, 4) is 5.75 Å². The lowest BCUT2D eigenvalue weighted by Gasteiger charge is -2.22. The lowest BCUT2D eigenvalue weighted by atomic mass is 9.90. The molecule has 6 nitrogen and oxygen atoms in total. The van der Waals surface area contributed by atoms with E-state index < -0.39 is 0 Å². The van der Waals surface area contributed by atoms with Crippen molar-refractivity contribution >= 4 is 16.9 Å². The van der Waals surface area contributed by atoms with Crippen LogP contribution in [-0.2, 0) is 6.42 Å². The molecule has 2 atom stereocenters. The molecular formula is C21H18FN5O. The van der Waals surface area contributed by atoms with Crippen LogP contribution >= 0.6 is 0 Å². The minimum Gasteiger partial charge on any atom is -0.497 e. The molecule has 1 aliphatic rings. The Hall–Kier alpha value is -3.48. The van der Waals surface area contributed by atoms with E-state index in [0.717, 1.165) is 12.0 Å². The number of nitrogens with two attached hydrogens (primary N) is 1. The first-order valence-corrected chi connectivity index (χ1v) is 9.01. The summed E-state index contributed by atoms with van der Waals surface area (Å²) >= 11 is 0. The van der Waals surface area contributed by atoms with E-state index in [4.69, 9.17) is 10.5 Å². The number of halogens is 1. The van der Waals surface area contributed by atoms with Gasteiger partial charge in [0.25, 0.3) is 0 Å². The summed E-state index contributed by atoms with van der Waals surface area (Å²) in [7, 11) is 1.54. The summed E-state index contributed by atoms with van der Waals surface area (Å²) in [6.07, 6.45) is 4.07. The number of benzene rings is 2. The number of anilines is 1. The number of hydrogen-bond acceptors (Lipinski definition) is 5. The van der Waals surface area contributed by atoms with E-state index in [1.807, 2.05) is 29.1 Å². The van der Waals surface area contributed by atoms with Gasteiger partial charge in [0.15, 0.2) is 5.65 Å². The molecule has 5 rings (SSSR count).